The van der Waals surface area contributed by atoms with Gasteiger partial charge in [0.25, 0.3) is 0 Å². The van der Waals surface area contributed by atoms with Gasteiger partial charge in [0.1, 0.15) is 18.2 Å². The quantitative estimate of drug-likeness (QED) is 0.831. The first kappa shape index (κ1) is 17.0. The van der Waals surface area contributed by atoms with Gasteiger partial charge in [-0.25, -0.2) is 4.98 Å². The monoisotopic (exact) mass is 367 g/mol. The summed E-state index contributed by atoms with van der Waals surface area (Å²) in [5, 5.41) is 10.4. The van der Waals surface area contributed by atoms with E-state index < -0.39 is 6.10 Å². The first-order valence-electron chi connectivity index (χ1n) is 8.73. The average Bonchev–Trinajstić information content (AvgIpc) is 3.02. The summed E-state index contributed by atoms with van der Waals surface area (Å²) in [6, 6.07) is 0. The Balaban J connectivity index is 1.87. The van der Waals surface area contributed by atoms with Gasteiger partial charge in [0.05, 0.1) is 13.2 Å². The number of aromatic nitrogens is 4. The van der Waals surface area contributed by atoms with Gasteiger partial charge < -0.3 is 19.5 Å². The molecule has 4 heterocycles. The molecule has 0 aliphatic carbocycles. The van der Waals surface area contributed by atoms with Gasteiger partial charge in [-0.15, -0.1) is 0 Å². The largest absolute Gasteiger partial charge is 0.385 e. The van der Waals surface area contributed by atoms with Crippen LogP contribution >= 0.6 is 11.6 Å². The second-order valence-electron chi connectivity index (χ2n) is 6.43. The Kier molecular flexibility index (Phi) is 4.77. The molecule has 9 heteroatoms. The second-order valence-corrected chi connectivity index (χ2v) is 6.76. The van der Waals surface area contributed by atoms with E-state index in [-0.39, 0.29) is 11.5 Å². The third-order valence-electron chi connectivity index (χ3n) is 4.65. The van der Waals surface area contributed by atoms with Gasteiger partial charge in [0.2, 0.25) is 5.28 Å². The van der Waals surface area contributed by atoms with Gasteiger partial charge in [0, 0.05) is 19.7 Å². The fraction of sp³-hybridized carbons (Fsp3) is 0.688. The number of hydrogen-bond donors (Lipinski definition) is 1. The highest BCUT2D eigenvalue weighted by molar-refractivity contribution is 6.28. The van der Waals surface area contributed by atoms with Crippen molar-refractivity contribution in [2.45, 2.75) is 38.5 Å². The summed E-state index contributed by atoms with van der Waals surface area (Å²) >= 11 is 6.22. The molecule has 0 radical (unpaired) electrons. The molecule has 2 aliphatic heterocycles. The first-order valence-corrected chi connectivity index (χ1v) is 9.10. The number of morpholine rings is 1. The van der Waals surface area contributed by atoms with E-state index in [0.717, 1.165) is 32.4 Å². The number of rotatable bonds is 3. The number of aliphatic hydroxyl groups excluding tert-OH is 1. The molecule has 136 valence electrons. The summed E-state index contributed by atoms with van der Waals surface area (Å²) in [6.45, 7) is 5.11. The van der Waals surface area contributed by atoms with Crippen molar-refractivity contribution in [1.82, 2.24) is 19.5 Å². The number of hydrogen-bond acceptors (Lipinski definition) is 7. The van der Waals surface area contributed by atoms with Crippen LogP contribution in [0.2, 0.25) is 5.28 Å². The van der Waals surface area contributed by atoms with Crippen LogP contribution in [0, 0.1) is 0 Å². The lowest BCUT2D eigenvalue weighted by atomic mass is 10.2. The molecular weight excluding hydrogens is 346 g/mol. The smallest absolute Gasteiger partial charge is 0.226 e. The summed E-state index contributed by atoms with van der Waals surface area (Å²) in [5.41, 5.74) is 1.26. The third-order valence-corrected chi connectivity index (χ3v) is 4.82. The molecule has 2 unspecified atom stereocenters. The fourth-order valence-electron chi connectivity index (χ4n) is 3.45. The molecule has 0 bridgehead atoms. The summed E-state index contributed by atoms with van der Waals surface area (Å²) < 4.78 is 13.2. The molecule has 2 atom stereocenters. The van der Waals surface area contributed by atoms with Crippen LogP contribution in [0.3, 0.4) is 0 Å². The topological polar surface area (TPSA) is 85.5 Å². The molecule has 0 saturated carbocycles. The van der Waals surface area contributed by atoms with Gasteiger partial charge in [-0.2, -0.15) is 9.97 Å². The molecule has 0 aromatic carbocycles. The van der Waals surface area contributed by atoms with Crippen molar-refractivity contribution in [3.05, 3.63) is 11.1 Å². The van der Waals surface area contributed by atoms with E-state index in [0.29, 0.717) is 42.6 Å². The Hall–Kier alpha value is -1.48. The predicted molar refractivity (Wildman–Crippen MR) is 92.8 cm³/mol. The van der Waals surface area contributed by atoms with Crippen molar-refractivity contribution in [2.75, 3.05) is 37.8 Å². The second kappa shape index (κ2) is 7.03. The highest BCUT2D eigenvalue weighted by atomic mass is 35.5. The number of imidazole rings is 1. The van der Waals surface area contributed by atoms with Crippen molar-refractivity contribution < 1.29 is 14.6 Å². The van der Waals surface area contributed by atoms with Crippen LogP contribution in [0.15, 0.2) is 0 Å². The van der Waals surface area contributed by atoms with Gasteiger partial charge >= 0.3 is 0 Å². The fourth-order valence-corrected chi connectivity index (χ4v) is 3.61. The third kappa shape index (κ3) is 3.19. The highest BCUT2D eigenvalue weighted by Gasteiger charge is 2.28. The molecule has 2 aromatic heterocycles. The van der Waals surface area contributed by atoms with E-state index in [1.165, 1.54) is 0 Å². The van der Waals surface area contributed by atoms with Gasteiger partial charge in [-0.05, 0) is 37.8 Å². The minimum Gasteiger partial charge on any atom is -0.385 e. The number of anilines is 1. The van der Waals surface area contributed by atoms with Crippen molar-refractivity contribution in [1.29, 1.82) is 0 Å². The zero-order valence-corrected chi connectivity index (χ0v) is 14.9. The Morgan fingerprint density at radius 2 is 1.96 bits per heavy atom. The summed E-state index contributed by atoms with van der Waals surface area (Å²) in [4.78, 5) is 15.6. The SMILES string of the molecule is CC(O)c1nc2c(N3CCOCC3)nc(Cl)nc2n1C1CCCCO1. The molecule has 2 saturated heterocycles. The number of ether oxygens (including phenoxy) is 2. The van der Waals surface area contributed by atoms with Crippen molar-refractivity contribution in [3.8, 4) is 0 Å². The predicted octanol–water partition coefficient (Wildman–Crippen LogP) is 2.07. The van der Waals surface area contributed by atoms with Crippen LogP contribution in [-0.4, -0.2) is 57.5 Å². The maximum Gasteiger partial charge on any atom is 0.226 e. The zero-order valence-electron chi connectivity index (χ0n) is 14.2. The van der Waals surface area contributed by atoms with Gasteiger partial charge in [-0.3, -0.25) is 4.57 Å². The summed E-state index contributed by atoms with van der Waals surface area (Å²) in [5.74, 6) is 1.22. The Morgan fingerprint density at radius 3 is 2.64 bits per heavy atom. The maximum atomic E-state index is 10.3. The maximum absolute atomic E-state index is 10.3. The minimum absolute atomic E-state index is 0.170. The molecular formula is C16H22ClN5O3. The number of halogens is 1. The lowest BCUT2D eigenvalue weighted by Gasteiger charge is -2.28. The van der Waals surface area contributed by atoms with Crippen LogP contribution < -0.4 is 4.90 Å². The minimum atomic E-state index is -0.740. The van der Waals surface area contributed by atoms with Crippen molar-refractivity contribution in [2.24, 2.45) is 0 Å². The number of nitrogens with zero attached hydrogens (tertiary/aromatic N) is 5. The van der Waals surface area contributed by atoms with Crippen molar-refractivity contribution >= 4 is 28.6 Å². The standard InChI is InChI=1S/C16H22ClN5O3/c1-10(23)13-18-12-14(21-5-8-24-9-6-21)19-16(17)20-15(12)22(13)11-4-2-3-7-25-11/h10-11,23H,2-9H2,1H3. The molecule has 2 aliphatic rings. The van der Waals surface area contributed by atoms with Crippen LogP contribution in [-0.2, 0) is 9.47 Å². The van der Waals surface area contributed by atoms with E-state index in [1.54, 1.807) is 6.92 Å². The highest BCUT2D eigenvalue weighted by Crippen LogP contribution is 2.34. The Bertz CT molecular complexity index is 754. The first-order chi connectivity index (χ1) is 12.1. The lowest BCUT2D eigenvalue weighted by molar-refractivity contribution is -0.0344. The van der Waals surface area contributed by atoms with E-state index in [1.807, 2.05) is 4.57 Å². The van der Waals surface area contributed by atoms with E-state index in [4.69, 9.17) is 21.1 Å². The molecule has 0 spiro atoms. The molecule has 4 rings (SSSR count). The van der Waals surface area contributed by atoms with Crippen LogP contribution in [0.1, 0.15) is 44.3 Å². The Labute approximate surface area is 150 Å². The zero-order chi connectivity index (χ0) is 17.4. The van der Waals surface area contributed by atoms with E-state index in [9.17, 15) is 5.11 Å². The average molecular weight is 368 g/mol. The molecule has 8 nitrogen and oxygen atoms in total. The van der Waals surface area contributed by atoms with E-state index >= 15 is 0 Å². The number of aliphatic hydroxyl groups is 1. The van der Waals surface area contributed by atoms with Crippen LogP contribution in [0.5, 0.6) is 0 Å². The number of fused-ring (bicyclic) bond motifs is 1. The lowest BCUT2D eigenvalue weighted by Crippen LogP contribution is -2.37. The van der Waals surface area contributed by atoms with E-state index in [2.05, 4.69) is 19.9 Å². The molecule has 2 fully saturated rings. The molecule has 0 amide bonds. The van der Waals surface area contributed by atoms with Crippen LogP contribution in [0.25, 0.3) is 11.2 Å². The van der Waals surface area contributed by atoms with Gasteiger partial charge in [0.15, 0.2) is 17.0 Å². The van der Waals surface area contributed by atoms with Crippen LogP contribution in [0.4, 0.5) is 5.82 Å². The molecule has 2 aromatic rings. The normalized spacial score (nSPS) is 23.2. The van der Waals surface area contributed by atoms with Gasteiger partial charge in [-0.1, -0.05) is 0 Å². The molecule has 25 heavy (non-hydrogen) atoms. The van der Waals surface area contributed by atoms with Crippen molar-refractivity contribution in [3.63, 3.8) is 0 Å². The molecule has 1 N–H and O–H groups in total. The Morgan fingerprint density at radius 1 is 1.16 bits per heavy atom. The summed E-state index contributed by atoms with van der Waals surface area (Å²) in [7, 11) is 0. The summed E-state index contributed by atoms with van der Waals surface area (Å²) in [6.07, 6.45) is 2.04.